The van der Waals surface area contributed by atoms with Gasteiger partial charge in [-0.05, 0) is 79.2 Å². The molecule has 2 aliphatic heterocycles. The van der Waals surface area contributed by atoms with Crippen molar-refractivity contribution in [2.75, 3.05) is 18.0 Å². The number of carbonyl (C=O) groups is 1. The number of hydrogen-bond acceptors (Lipinski definition) is 2. The van der Waals surface area contributed by atoms with E-state index in [1.54, 1.807) is 23.1 Å². The molecule has 0 atom stereocenters. The third-order valence-corrected chi connectivity index (χ3v) is 7.40. The van der Waals surface area contributed by atoms with Crippen LogP contribution in [-0.2, 0) is 11.2 Å². The molecular weight excluding hydrogens is 463 g/mol. The van der Waals surface area contributed by atoms with Gasteiger partial charge in [0.2, 0.25) is 5.91 Å². The molecule has 0 aliphatic carbocycles. The fourth-order valence-electron chi connectivity index (χ4n) is 4.88. The highest BCUT2D eigenvalue weighted by Gasteiger charge is 2.32. The summed E-state index contributed by atoms with van der Waals surface area (Å²) in [4.78, 5) is 15.0. The average molecular weight is 486 g/mol. The molecule has 0 bridgehead atoms. The summed E-state index contributed by atoms with van der Waals surface area (Å²) < 4.78 is 0. The smallest absolute Gasteiger partial charge is 0.231 e. The highest BCUT2D eigenvalue weighted by molar-refractivity contribution is 6.40. The molecular formula is C26H23Cl3N2O. The molecule has 1 saturated heterocycles. The highest BCUT2D eigenvalue weighted by Crippen LogP contribution is 2.47. The van der Waals surface area contributed by atoms with Gasteiger partial charge in [-0.1, -0.05) is 65.1 Å². The molecule has 3 aromatic rings. The van der Waals surface area contributed by atoms with Crippen LogP contribution in [-0.4, -0.2) is 19.0 Å². The van der Waals surface area contributed by atoms with E-state index >= 15 is 0 Å². The molecule has 3 aromatic carbocycles. The zero-order valence-corrected chi connectivity index (χ0v) is 19.8. The second kappa shape index (κ2) is 9.07. The van der Waals surface area contributed by atoms with Crippen LogP contribution in [0.4, 0.5) is 11.4 Å². The lowest BCUT2D eigenvalue weighted by Gasteiger charge is -2.34. The van der Waals surface area contributed by atoms with Crippen LogP contribution in [0.15, 0.2) is 54.6 Å². The Morgan fingerprint density at radius 2 is 1.50 bits per heavy atom. The zero-order chi connectivity index (χ0) is 22.2. The number of para-hydroxylation sites is 1. The van der Waals surface area contributed by atoms with Crippen LogP contribution in [0, 0.1) is 0 Å². The lowest BCUT2D eigenvalue weighted by atomic mass is 9.83. The van der Waals surface area contributed by atoms with Gasteiger partial charge in [-0.3, -0.25) is 9.69 Å². The van der Waals surface area contributed by atoms with E-state index in [0.717, 1.165) is 48.3 Å². The monoisotopic (exact) mass is 484 g/mol. The van der Waals surface area contributed by atoms with Crippen LogP contribution in [0.1, 0.15) is 36.3 Å². The number of carbonyl (C=O) groups excluding carboxylic acids is 1. The molecule has 0 aromatic heterocycles. The average Bonchev–Trinajstić information content (AvgIpc) is 2.80. The minimum absolute atomic E-state index is 0.0000643. The molecule has 164 valence electrons. The van der Waals surface area contributed by atoms with Crippen molar-refractivity contribution in [2.45, 2.75) is 31.6 Å². The van der Waals surface area contributed by atoms with Gasteiger partial charge in [-0.25, -0.2) is 0 Å². The van der Waals surface area contributed by atoms with Gasteiger partial charge in [0.05, 0.1) is 21.4 Å². The summed E-state index contributed by atoms with van der Waals surface area (Å²) in [5.41, 5.74) is 5.81. The van der Waals surface area contributed by atoms with Gasteiger partial charge in [-0.2, -0.15) is 0 Å². The molecule has 0 spiro atoms. The van der Waals surface area contributed by atoms with Crippen LogP contribution in [0.3, 0.4) is 0 Å². The first-order valence-electron chi connectivity index (χ1n) is 10.9. The van der Waals surface area contributed by atoms with E-state index < -0.39 is 0 Å². The van der Waals surface area contributed by atoms with Gasteiger partial charge in [-0.15, -0.1) is 0 Å². The minimum Gasteiger partial charge on any atom is -0.317 e. The van der Waals surface area contributed by atoms with Gasteiger partial charge in [0.15, 0.2) is 0 Å². The normalized spacial score (nSPS) is 16.8. The van der Waals surface area contributed by atoms with Crippen LogP contribution in [0.5, 0.6) is 0 Å². The number of piperidine rings is 1. The molecule has 3 nitrogen and oxygen atoms in total. The third kappa shape index (κ3) is 3.92. The SMILES string of the molecule is O=C1CCc2c(-c3ccccc3Cl)cc(C3CCNCC3)cc2N1c1c(Cl)cccc1Cl. The second-order valence-corrected chi connectivity index (χ2v) is 9.59. The second-order valence-electron chi connectivity index (χ2n) is 8.37. The van der Waals surface area contributed by atoms with Crippen molar-refractivity contribution in [3.05, 3.63) is 80.8 Å². The van der Waals surface area contributed by atoms with E-state index in [1.807, 2.05) is 24.3 Å². The first-order valence-corrected chi connectivity index (χ1v) is 12.1. The van der Waals surface area contributed by atoms with Crippen molar-refractivity contribution in [1.29, 1.82) is 0 Å². The quantitative estimate of drug-likeness (QED) is 0.419. The van der Waals surface area contributed by atoms with E-state index in [0.29, 0.717) is 39.5 Å². The number of rotatable bonds is 3. The molecule has 1 amide bonds. The Bertz CT molecular complexity index is 1170. The number of anilines is 2. The summed E-state index contributed by atoms with van der Waals surface area (Å²) >= 11 is 19.8. The van der Waals surface area contributed by atoms with Crippen molar-refractivity contribution in [1.82, 2.24) is 5.32 Å². The summed E-state index contributed by atoms with van der Waals surface area (Å²) in [6.45, 7) is 1.98. The Kier molecular flexibility index (Phi) is 6.18. The third-order valence-electron chi connectivity index (χ3n) is 6.46. The van der Waals surface area contributed by atoms with Gasteiger partial charge in [0.25, 0.3) is 0 Å². The van der Waals surface area contributed by atoms with E-state index in [-0.39, 0.29) is 5.91 Å². The van der Waals surface area contributed by atoms with Crippen LogP contribution in [0.2, 0.25) is 15.1 Å². The number of halogens is 3. The molecule has 32 heavy (non-hydrogen) atoms. The maximum Gasteiger partial charge on any atom is 0.231 e. The maximum atomic E-state index is 13.2. The Hall–Kier alpha value is -2.04. The molecule has 0 saturated carbocycles. The van der Waals surface area contributed by atoms with E-state index in [2.05, 4.69) is 17.4 Å². The van der Waals surface area contributed by atoms with Crippen molar-refractivity contribution in [2.24, 2.45) is 0 Å². The number of nitrogens with zero attached hydrogens (tertiary/aromatic N) is 1. The molecule has 0 unspecified atom stereocenters. The van der Waals surface area contributed by atoms with Crippen molar-refractivity contribution >= 4 is 52.1 Å². The number of benzene rings is 3. The lowest BCUT2D eigenvalue weighted by Crippen LogP contribution is -2.32. The number of fused-ring (bicyclic) bond motifs is 1. The molecule has 2 aliphatic rings. The van der Waals surface area contributed by atoms with Gasteiger partial charge < -0.3 is 5.32 Å². The summed E-state index contributed by atoms with van der Waals surface area (Å²) in [6, 6.07) is 17.7. The number of amides is 1. The van der Waals surface area contributed by atoms with Crippen LogP contribution >= 0.6 is 34.8 Å². The number of nitrogens with one attached hydrogen (secondary N) is 1. The van der Waals surface area contributed by atoms with Crippen molar-refractivity contribution < 1.29 is 4.79 Å². The Morgan fingerprint density at radius 1 is 0.812 bits per heavy atom. The minimum atomic E-state index is 0.0000643. The summed E-state index contributed by atoms with van der Waals surface area (Å²) in [7, 11) is 0. The summed E-state index contributed by atoms with van der Waals surface area (Å²) in [5, 5.41) is 5.07. The van der Waals surface area contributed by atoms with E-state index in [1.165, 1.54) is 5.56 Å². The van der Waals surface area contributed by atoms with Gasteiger partial charge in [0, 0.05) is 17.0 Å². The number of hydrogen-bond donors (Lipinski definition) is 1. The molecule has 2 heterocycles. The van der Waals surface area contributed by atoms with Crippen molar-refractivity contribution in [3.63, 3.8) is 0 Å². The predicted molar refractivity (Wildman–Crippen MR) is 134 cm³/mol. The first kappa shape index (κ1) is 21.8. The van der Waals surface area contributed by atoms with E-state index in [4.69, 9.17) is 34.8 Å². The van der Waals surface area contributed by atoms with Gasteiger partial charge >= 0.3 is 0 Å². The van der Waals surface area contributed by atoms with E-state index in [9.17, 15) is 4.79 Å². The fourth-order valence-corrected chi connectivity index (χ4v) is 5.68. The molecule has 1 N–H and O–H groups in total. The van der Waals surface area contributed by atoms with Gasteiger partial charge in [0.1, 0.15) is 0 Å². The molecule has 6 heteroatoms. The largest absolute Gasteiger partial charge is 0.317 e. The Balaban J connectivity index is 1.76. The Labute approximate surface area is 203 Å². The molecule has 0 radical (unpaired) electrons. The highest BCUT2D eigenvalue weighted by atomic mass is 35.5. The molecule has 1 fully saturated rings. The maximum absolute atomic E-state index is 13.2. The molecule has 5 rings (SSSR count). The predicted octanol–water partition coefficient (Wildman–Crippen LogP) is 7.39. The van der Waals surface area contributed by atoms with Crippen molar-refractivity contribution in [3.8, 4) is 11.1 Å². The standard InChI is InChI=1S/C26H23Cl3N2O/c27-21-5-2-1-4-18(21)20-14-17(16-10-12-30-13-11-16)15-24-19(20)8-9-25(32)31(24)26-22(28)6-3-7-23(26)29/h1-7,14-16,30H,8-13H2. The topological polar surface area (TPSA) is 32.3 Å². The summed E-state index contributed by atoms with van der Waals surface area (Å²) in [6.07, 6.45) is 3.15. The van der Waals surface area contributed by atoms with Crippen LogP contribution in [0.25, 0.3) is 11.1 Å². The lowest BCUT2D eigenvalue weighted by molar-refractivity contribution is -0.118. The first-order chi connectivity index (χ1) is 15.5. The fraction of sp³-hybridized carbons (Fsp3) is 0.269. The zero-order valence-electron chi connectivity index (χ0n) is 17.5. The Morgan fingerprint density at radius 3 is 2.22 bits per heavy atom. The summed E-state index contributed by atoms with van der Waals surface area (Å²) in [5.74, 6) is 0.420. The van der Waals surface area contributed by atoms with Crippen LogP contribution < -0.4 is 10.2 Å².